The molecule has 43 heavy (non-hydrogen) atoms. The van der Waals surface area contributed by atoms with Gasteiger partial charge in [0.25, 0.3) is 0 Å². The Balaban J connectivity index is 1.33. The molecule has 8 nitrogen and oxygen atoms in total. The van der Waals surface area contributed by atoms with E-state index in [1.165, 1.54) is 5.57 Å². The zero-order chi connectivity index (χ0) is 31.5. The summed E-state index contributed by atoms with van der Waals surface area (Å²) in [5.41, 5.74) is -1.16. The minimum atomic E-state index is -1.30. The summed E-state index contributed by atoms with van der Waals surface area (Å²) in [4.78, 5) is 13.0. The molecule has 0 unspecified atom stereocenters. The van der Waals surface area contributed by atoms with Gasteiger partial charge in [-0.05, 0) is 104 Å². The van der Waals surface area contributed by atoms with Gasteiger partial charge >= 0.3 is 5.97 Å². The first-order valence-electron chi connectivity index (χ1n) is 16.9. The Kier molecular flexibility index (Phi) is 7.41. The lowest BCUT2D eigenvalue weighted by Crippen LogP contribution is -2.68. The van der Waals surface area contributed by atoms with Crippen LogP contribution in [0.1, 0.15) is 106 Å². The zero-order valence-electron chi connectivity index (χ0n) is 27.3. The van der Waals surface area contributed by atoms with Crippen molar-refractivity contribution in [1.29, 1.82) is 0 Å². The predicted molar refractivity (Wildman–Crippen MR) is 161 cm³/mol. The largest absolute Gasteiger partial charge is 0.481 e. The van der Waals surface area contributed by atoms with Gasteiger partial charge in [0.1, 0.15) is 18.3 Å². The Morgan fingerprint density at radius 1 is 0.907 bits per heavy atom. The van der Waals surface area contributed by atoms with Crippen molar-refractivity contribution in [2.45, 2.75) is 143 Å². The minimum Gasteiger partial charge on any atom is -0.481 e. The van der Waals surface area contributed by atoms with Gasteiger partial charge in [-0.1, -0.05) is 53.2 Å². The lowest BCUT2D eigenvalue weighted by Gasteiger charge is -2.72. The molecular formula is C35H56O8. The first kappa shape index (κ1) is 31.9. The van der Waals surface area contributed by atoms with Crippen molar-refractivity contribution in [2.75, 3.05) is 6.61 Å². The van der Waals surface area contributed by atoms with Crippen molar-refractivity contribution in [3.8, 4) is 0 Å². The normalized spacial score (nSPS) is 56.1. The number of fused-ring (bicyclic) bond motifs is 7. The highest BCUT2D eigenvalue weighted by Gasteiger charge is 2.71. The van der Waals surface area contributed by atoms with Crippen LogP contribution >= 0.6 is 0 Å². The van der Waals surface area contributed by atoms with Crippen molar-refractivity contribution < 1.29 is 39.8 Å². The summed E-state index contributed by atoms with van der Waals surface area (Å²) < 4.78 is 12.1. The lowest BCUT2D eigenvalue weighted by atomic mass is 9.33. The van der Waals surface area contributed by atoms with E-state index in [-0.39, 0.29) is 46.2 Å². The Morgan fingerprint density at radius 2 is 1.60 bits per heavy atom. The molecule has 5 aliphatic carbocycles. The molecule has 5 fully saturated rings. The van der Waals surface area contributed by atoms with Crippen molar-refractivity contribution in [1.82, 2.24) is 0 Å². The van der Waals surface area contributed by atoms with Gasteiger partial charge in [0.05, 0.1) is 23.7 Å². The second-order valence-corrected chi connectivity index (χ2v) is 17.1. The van der Waals surface area contributed by atoms with Crippen LogP contribution in [0.15, 0.2) is 11.6 Å². The third-order valence-corrected chi connectivity index (χ3v) is 15.2. The summed E-state index contributed by atoms with van der Waals surface area (Å²) in [6, 6.07) is 0. The maximum Gasteiger partial charge on any atom is 0.310 e. The van der Waals surface area contributed by atoms with Gasteiger partial charge in [0.15, 0.2) is 6.29 Å². The van der Waals surface area contributed by atoms with Gasteiger partial charge in [-0.25, -0.2) is 0 Å². The summed E-state index contributed by atoms with van der Waals surface area (Å²) in [6.45, 7) is 15.8. The Morgan fingerprint density at radius 3 is 2.28 bits per heavy atom. The molecule has 1 aliphatic heterocycles. The first-order chi connectivity index (χ1) is 19.9. The molecular weight excluding hydrogens is 548 g/mol. The van der Waals surface area contributed by atoms with Crippen LogP contribution in [0.25, 0.3) is 0 Å². The maximum absolute atomic E-state index is 13.0. The van der Waals surface area contributed by atoms with Crippen LogP contribution in [0.3, 0.4) is 0 Å². The summed E-state index contributed by atoms with van der Waals surface area (Å²) in [5.74, 6) is -0.306. The quantitative estimate of drug-likeness (QED) is 0.232. The molecule has 0 aromatic carbocycles. The van der Waals surface area contributed by atoms with E-state index in [1.807, 2.05) is 6.92 Å². The van der Waals surface area contributed by atoms with Crippen LogP contribution in [-0.4, -0.2) is 74.4 Å². The Bertz CT molecular complexity index is 1160. The van der Waals surface area contributed by atoms with Crippen molar-refractivity contribution >= 4 is 5.97 Å². The average Bonchev–Trinajstić information content (AvgIpc) is 2.92. The number of allylic oxidation sites excluding steroid dienone is 1. The molecule has 0 amide bonds. The first-order valence-corrected chi connectivity index (χ1v) is 16.9. The molecule has 8 heteroatoms. The molecule has 0 radical (unpaired) electrons. The maximum atomic E-state index is 13.0. The zero-order valence-corrected chi connectivity index (χ0v) is 27.3. The summed E-state index contributed by atoms with van der Waals surface area (Å²) >= 11 is 0. The summed E-state index contributed by atoms with van der Waals surface area (Å²) in [6.07, 6.45) is 5.06. The second-order valence-electron chi connectivity index (χ2n) is 17.1. The number of carboxylic acid groups (broad SMARTS) is 1. The Hall–Kier alpha value is -1.03. The number of hydrogen-bond acceptors (Lipinski definition) is 7. The molecule has 0 spiro atoms. The minimum absolute atomic E-state index is 0.0313. The van der Waals surface area contributed by atoms with Crippen LogP contribution < -0.4 is 0 Å². The van der Waals surface area contributed by atoms with Gasteiger partial charge < -0.3 is 35.0 Å². The van der Waals surface area contributed by atoms with Gasteiger partial charge in [0, 0.05) is 5.92 Å². The molecule has 4 saturated carbocycles. The molecule has 0 bridgehead atoms. The number of aliphatic carboxylic acids is 1. The van der Waals surface area contributed by atoms with Crippen LogP contribution in [0.2, 0.25) is 0 Å². The smallest absolute Gasteiger partial charge is 0.310 e. The number of carboxylic acids is 1. The fourth-order valence-corrected chi connectivity index (χ4v) is 12.1. The van der Waals surface area contributed by atoms with E-state index in [1.54, 1.807) is 0 Å². The van der Waals surface area contributed by atoms with E-state index in [2.05, 4.69) is 47.6 Å². The second kappa shape index (κ2) is 9.98. The van der Waals surface area contributed by atoms with Gasteiger partial charge in [-0.15, -0.1) is 0 Å². The summed E-state index contributed by atoms with van der Waals surface area (Å²) in [5, 5.41) is 53.4. The molecule has 14 atom stereocenters. The fraction of sp³-hybridized carbons (Fsp3) is 0.914. The lowest BCUT2D eigenvalue weighted by molar-refractivity contribution is -0.308. The van der Waals surface area contributed by atoms with Gasteiger partial charge in [-0.2, -0.15) is 0 Å². The van der Waals surface area contributed by atoms with Crippen molar-refractivity contribution in [3.05, 3.63) is 11.6 Å². The molecule has 0 aromatic rings. The van der Waals surface area contributed by atoms with Crippen LogP contribution in [0, 0.1) is 50.7 Å². The molecule has 1 heterocycles. The van der Waals surface area contributed by atoms with E-state index < -0.39 is 41.6 Å². The number of ether oxygens (including phenoxy) is 2. The third-order valence-electron chi connectivity index (χ3n) is 15.2. The standard InChI is InChI=1S/C35H56O8/c1-19-10-15-35(29(39)40)17-16-32(5)20(27(35)34(19,7)41)8-9-23-31(4)13-12-24(30(2,3)22(31)11-14-33(23,32)6)43-28-26(38)25(37)21(36)18-42-28/h8,19,21-28,36-38,41H,9-18H2,1-7H3,(H,39,40)/t19-,21-,22+,23+,24-,25-,26+,27+,28-,31-,32+,33+,34+,35-/m0/s1. The molecule has 1 saturated heterocycles. The molecule has 244 valence electrons. The monoisotopic (exact) mass is 604 g/mol. The topological polar surface area (TPSA) is 137 Å². The highest BCUT2D eigenvalue weighted by atomic mass is 16.7. The molecule has 6 rings (SSSR count). The van der Waals surface area contributed by atoms with Crippen LogP contribution in [0.4, 0.5) is 0 Å². The fourth-order valence-electron chi connectivity index (χ4n) is 12.1. The molecule has 6 aliphatic rings. The van der Waals surface area contributed by atoms with E-state index in [9.17, 15) is 30.3 Å². The Labute approximate surface area is 257 Å². The van der Waals surface area contributed by atoms with Crippen LogP contribution in [0.5, 0.6) is 0 Å². The highest BCUT2D eigenvalue weighted by Crippen LogP contribution is 2.76. The molecule has 5 N–H and O–H groups in total. The number of aliphatic hydroxyl groups excluding tert-OH is 3. The third kappa shape index (κ3) is 4.11. The van der Waals surface area contributed by atoms with E-state index in [0.29, 0.717) is 24.7 Å². The van der Waals surface area contributed by atoms with Crippen molar-refractivity contribution in [2.24, 2.45) is 50.7 Å². The van der Waals surface area contributed by atoms with Crippen molar-refractivity contribution in [3.63, 3.8) is 0 Å². The van der Waals surface area contributed by atoms with Gasteiger partial charge in [-0.3, -0.25) is 4.79 Å². The van der Waals surface area contributed by atoms with E-state index in [4.69, 9.17) is 9.47 Å². The number of aliphatic hydroxyl groups is 4. The number of carbonyl (C=O) groups is 1. The summed E-state index contributed by atoms with van der Waals surface area (Å²) in [7, 11) is 0. The van der Waals surface area contributed by atoms with Crippen LogP contribution in [-0.2, 0) is 14.3 Å². The predicted octanol–water partition coefficient (Wildman–Crippen LogP) is 4.67. The highest BCUT2D eigenvalue weighted by molar-refractivity contribution is 5.77. The SMILES string of the molecule is C[C@H]1CC[C@]2(C(=O)O)CC[C@]3(C)C(=CC[C@@H]4[C@@]5(C)CC[C@H](O[C@@H]6OC[C@H](O)[C@H](O)[C@H]6O)C(C)(C)[C@H]5CC[C@]43C)[C@@H]2[C@]1(C)O. The average molecular weight is 605 g/mol. The van der Waals surface area contributed by atoms with E-state index >= 15 is 0 Å². The van der Waals surface area contributed by atoms with E-state index in [0.717, 1.165) is 44.9 Å². The molecule has 0 aromatic heterocycles. The number of rotatable bonds is 3. The number of hydrogen-bond donors (Lipinski definition) is 5. The van der Waals surface area contributed by atoms with Gasteiger partial charge in [0.2, 0.25) is 0 Å².